The van der Waals surface area contributed by atoms with Gasteiger partial charge in [0.25, 0.3) is 5.91 Å². The number of carbonyl (C=O) groups is 2. The number of nitrogens with zero attached hydrogens (tertiary/aromatic N) is 3. The topological polar surface area (TPSA) is 84.4 Å². The van der Waals surface area contributed by atoms with Gasteiger partial charge in [0.2, 0.25) is 5.91 Å². The minimum Gasteiger partial charge on any atom is -0.484 e. The van der Waals surface area contributed by atoms with Crippen LogP contribution in [-0.4, -0.2) is 45.4 Å². The second kappa shape index (κ2) is 9.81. The number of hydrogen-bond acceptors (Lipinski definition) is 5. The van der Waals surface area contributed by atoms with E-state index < -0.39 is 5.54 Å². The Kier molecular flexibility index (Phi) is 6.68. The standard InChI is InChI=1S/C26H28N4O3/c1-26(2,29-23(31)18-33-20-12-7-4-8-13-20)25(32)30-17-9-14-22(30)21-15-16-27-24(28-21)19-10-5-3-6-11-19/h3-8,10-13,15-16,22H,9,14,17-18H2,1-2H3,(H,29,31). The van der Waals surface area contributed by atoms with Gasteiger partial charge in [0.1, 0.15) is 11.3 Å². The van der Waals surface area contributed by atoms with Crippen LogP contribution in [0.3, 0.4) is 0 Å². The lowest BCUT2D eigenvalue weighted by molar-refractivity contribution is -0.141. The van der Waals surface area contributed by atoms with Crippen LogP contribution in [0.5, 0.6) is 5.75 Å². The first-order valence-electron chi connectivity index (χ1n) is 11.1. The number of likely N-dealkylation sites (tertiary alicyclic amines) is 1. The molecule has 0 spiro atoms. The number of carbonyl (C=O) groups excluding carboxylic acids is 2. The lowest BCUT2D eigenvalue weighted by Crippen LogP contribution is -2.56. The van der Waals surface area contributed by atoms with Crippen LogP contribution in [0.15, 0.2) is 72.9 Å². The number of aromatic nitrogens is 2. The number of nitrogens with one attached hydrogen (secondary N) is 1. The molecule has 1 N–H and O–H groups in total. The molecule has 7 heteroatoms. The van der Waals surface area contributed by atoms with E-state index in [-0.39, 0.29) is 24.5 Å². The Bertz CT molecular complexity index is 1100. The van der Waals surface area contributed by atoms with Gasteiger partial charge in [-0.1, -0.05) is 48.5 Å². The SMILES string of the molecule is CC(C)(NC(=O)COc1ccccc1)C(=O)N1CCCC1c1ccnc(-c2ccccc2)n1. The van der Waals surface area contributed by atoms with E-state index in [1.54, 1.807) is 32.2 Å². The third-order valence-electron chi connectivity index (χ3n) is 5.66. The average Bonchev–Trinajstić information content (AvgIpc) is 3.33. The molecule has 0 bridgehead atoms. The van der Waals surface area contributed by atoms with Gasteiger partial charge in [0, 0.05) is 18.3 Å². The van der Waals surface area contributed by atoms with E-state index in [0.29, 0.717) is 18.1 Å². The summed E-state index contributed by atoms with van der Waals surface area (Å²) in [6.07, 6.45) is 3.43. The van der Waals surface area contributed by atoms with Crippen LogP contribution in [0.4, 0.5) is 0 Å². The smallest absolute Gasteiger partial charge is 0.258 e. The molecule has 1 atom stereocenters. The molecule has 0 aliphatic carbocycles. The number of rotatable bonds is 7. The molecule has 2 amide bonds. The minimum atomic E-state index is -1.07. The van der Waals surface area contributed by atoms with Gasteiger partial charge >= 0.3 is 0 Å². The fourth-order valence-electron chi connectivity index (χ4n) is 4.06. The summed E-state index contributed by atoms with van der Waals surface area (Å²) in [5, 5.41) is 2.82. The zero-order chi connectivity index (χ0) is 23.3. The Hall–Kier alpha value is -3.74. The van der Waals surface area contributed by atoms with Gasteiger partial charge in [-0.15, -0.1) is 0 Å². The first-order valence-corrected chi connectivity index (χ1v) is 11.1. The van der Waals surface area contributed by atoms with Crippen molar-refractivity contribution in [2.75, 3.05) is 13.2 Å². The summed E-state index contributed by atoms with van der Waals surface area (Å²) < 4.78 is 5.51. The van der Waals surface area contributed by atoms with E-state index in [0.717, 1.165) is 24.1 Å². The third kappa shape index (κ3) is 5.37. The van der Waals surface area contributed by atoms with Crippen molar-refractivity contribution in [1.29, 1.82) is 0 Å². The lowest BCUT2D eigenvalue weighted by atomic mass is 10.0. The van der Waals surface area contributed by atoms with Gasteiger partial charge in [0.15, 0.2) is 12.4 Å². The normalized spacial score (nSPS) is 15.8. The van der Waals surface area contributed by atoms with Gasteiger partial charge < -0.3 is 15.0 Å². The molecule has 3 aromatic rings. The van der Waals surface area contributed by atoms with Gasteiger partial charge in [-0.25, -0.2) is 9.97 Å². The molecule has 1 fully saturated rings. The molecule has 2 aromatic carbocycles. The van der Waals surface area contributed by atoms with Crippen LogP contribution in [-0.2, 0) is 9.59 Å². The van der Waals surface area contributed by atoms with Crippen molar-refractivity contribution in [2.24, 2.45) is 0 Å². The monoisotopic (exact) mass is 444 g/mol. The van der Waals surface area contributed by atoms with Crippen LogP contribution in [0, 0.1) is 0 Å². The van der Waals surface area contributed by atoms with Gasteiger partial charge in [0.05, 0.1) is 11.7 Å². The quantitative estimate of drug-likeness (QED) is 0.600. The average molecular weight is 445 g/mol. The number of ether oxygens (including phenoxy) is 1. The van der Waals surface area contributed by atoms with E-state index in [1.807, 2.05) is 59.5 Å². The number of amides is 2. The Morgan fingerprint density at radius 2 is 1.76 bits per heavy atom. The van der Waals surface area contributed by atoms with Crippen LogP contribution in [0.1, 0.15) is 38.4 Å². The predicted molar refractivity (Wildman–Crippen MR) is 125 cm³/mol. The molecule has 0 saturated carbocycles. The highest BCUT2D eigenvalue weighted by molar-refractivity contribution is 5.91. The molecular formula is C26H28N4O3. The molecule has 1 saturated heterocycles. The Labute approximate surface area is 193 Å². The molecular weight excluding hydrogens is 416 g/mol. The maximum absolute atomic E-state index is 13.4. The molecule has 170 valence electrons. The summed E-state index contributed by atoms with van der Waals surface area (Å²) in [4.78, 5) is 36.9. The molecule has 1 aromatic heterocycles. The number of hydrogen-bond donors (Lipinski definition) is 1. The molecule has 2 heterocycles. The summed E-state index contributed by atoms with van der Waals surface area (Å²) in [6.45, 7) is 3.91. The van der Waals surface area contributed by atoms with Crippen LogP contribution >= 0.6 is 0 Å². The molecule has 1 unspecified atom stereocenters. The highest BCUT2D eigenvalue weighted by Crippen LogP contribution is 2.33. The maximum atomic E-state index is 13.4. The van der Waals surface area contributed by atoms with Crippen LogP contribution in [0.2, 0.25) is 0 Å². The van der Waals surface area contributed by atoms with Crippen molar-refractivity contribution >= 4 is 11.8 Å². The molecule has 7 nitrogen and oxygen atoms in total. The first-order chi connectivity index (χ1) is 15.9. The molecule has 4 rings (SSSR count). The summed E-state index contributed by atoms with van der Waals surface area (Å²) in [7, 11) is 0. The molecule has 0 radical (unpaired) electrons. The summed E-state index contributed by atoms with van der Waals surface area (Å²) in [5.74, 6) is 0.756. The first kappa shape index (κ1) is 22.5. The van der Waals surface area contributed by atoms with Crippen molar-refractivity contribution in [1.82, 2.24) is 20.2 Å². The molecule has 1 aliphatic heterocycles. The summed E-state index contributed by atoms with van der Waals surface area (Å²) in [5.41, 5.74) is 0.667. The van der Waals surface area contributed by atoms with Crippen molar-refractivity contribution < 1.29 is 14.3 Å². The number of benzene rings is 2. The maximum Gasteiger partial charge on any atom is 0.258 e. The zero-order valence-electron chi connectivity index (χ0n) is 18.9. The molecule has 1 aliphatic rings. The van der Waals surface area contributed by atoms with Gasteiger partial charge in [-0.2, -0.15) is 0 Å². The minimum absolute atomic E-state index is 0.141. The highest BCUT2D eigenvalue weighted by atomic mass is 16.5. The van der Waals surface area contributed by atoms with Crippen molar-refractivity contribution in [3.05, 3.63) is 78.6 Å². The van der Waals surface area contributed by atoms with Crippen molar-refractivity contribution in [3.8, 4) is 17.1 Å². The van der Waals surface area contributed by atoms with Crippen molar-refractivity contribution in [2.45, 2.75) is 38.3 Å². The van der Waals surface area contributed by atoms with E-state index in [9.17, 15) is 9.59 Å². The van der Waals surface area contributed by atoms with Crippen LogP contribution in [0.25, 0.3) is 11.4 Å². The van der Waals surface area contributed by atoms with Crippen molar-refractivity contribution in [3.63, 3.8) is 0 Å². The fraction of sp³-hybridized carbons (Fsp3) is 0.308. The van der Waals surface area contributed by atoms with E-state index in [2.05, 4.69) is 10.3 Å². The Morgan fingerprint density at radius 1 is 1.06 bits per heavy atom. The Balaban J connectivity index is 1.44. The zero-order valence-corrected chi connectivity index (χ0v) is 18.9. The second-order valence-corrected chi connectivity index (χ2v) is 8.60. The van der Waals surface area contributed by atoms with Crippen LogP contribution < -0.4 is 10.1 Å². The van der Waals surface area contributed by atoms with E-state index >= 15 is 0 Å². The Morgan fingerprint density at radius 3 is 2.48 bits per heavy atom. The summed E-state index contributed by atoms with van der Waals surface area (Å²) in [6, 6.07) is 20.6. The lowest BCUT2D eigenvalue weighted by Gasteiger charge is -2.33. The third-order valence-corrected chi connectivity index (χ3v) is 5.66. The largest absolute Gasteiger partial charge is 0.484 e. The molecule has 33 heavy (non-hydrogen) atoms. The predicted octanol–water partition coefficient (Wildman–Crippen LogP) is 3.78. The highest BCUT2D eigenvalue weighted by Gasteiger charge is 2.40. The van der Waals surface area contributed by atoms with E-state index in [4.69, 9.17) is 9.72 Å². The second-order valence-electron chi connectivity index (χ2n) is 8.60. The number of para-hydroxylation sites is 1. The van der Waals surface area contributed by atoms with Gasteiger partial charge in [-0.05, 0) is 44.9 Å². The summed E-state index contributed by atoms with van der Waals surface area (Å²) >= 11 is 0. The van der Waals surface area contributed by atoms with E-state index in [1.165, 1.54) is 0 Å². The van der Waals surface area contributed by atoms with Gasteiger partial charge in [-0.3, -0.25) is 9.59 Å². The fourth-order valence-corrected chi connectivity index (χ4v) is 4.06.